The van der Waals surface area contributed by atoms with Crippen LogP contribution in [0.2, 0.25) is 0 Å². The standard InChI is InChI=1S/C22H20F9N7/c1-36-34-19(33-35-36)38(11-13-6-15(20(23,24)25)9-16(7-13)21(26,27)28)12-14-8-17(22(29,30)31)10-32-18(14)37-4-2-3-5-37/h6-10H,2-5,11-12H2,1H3. The van der Waals surface area contributed by atoms with E-state index in [0.717, 1.165) is 28.6 Å². The first-order chi connectivity index (χ1) is 17.6. The SMILES string of the molecule is Cn1nnc(N(Cc2cc(C(F)(F)F)cc(C(F)(F)F)c2)Cc2cc(C(F)(F)F)cnc2N2CCCC2)n1. The van der Waals surface area contributed by atoms with E-state index in [0.29, 0.717) is 31.4 Å². The summed E-state index contributed by atoms with van der Waals surface area (Å²) in [5.41, 5.74) is -4.44. The highest BCUT2D eigenvalue weighted by Gasteiger charge is 2.37. The summed E-state index contributed by atoms with van der Waals surface area (Å²) in [5, 5.41) is 11.4. The lowest BCUT2D eigenvalue weighted by Crippen LogP contribution is -2.28. The fourth-order valence-corrected chi connectivity index (χ4v) is 4.12. The molecule has 4 rings (SSSR count). The monoisotopic (exact) mass is 553 g/mol. The second-order valence-corrected chi connectivity index (χ2v) is 8.75. The summed E-state index contributed by atoms with van der Waals surface area (Å²) in [4.78, 5) is 7.92. The van der Waals surface area contributed by atoms with E-state index in [-0.39, 0.29) is 23.4 Å². The van der Waals surface area contributed by atoms with E-state index in [1.165, 1.54) is 7.05 Å². The summed E-state index contributed by atoms with van der Waals surface area (Å²) in [7, 11) is 1.38. The molecule has 0 amide bonds. The van der Waals surface area contributed by atoms with Gasteiger partial charge in [-0.2, -0.15) is 44.3 Å². The minimum absolute atomic E-state index is 0.00336. The van der Waals surface area contributed by atoms with Crippen LogP contribution in [0.4, 0.5) is 51.3 Å². The first kappa shape index (κ1) is 27.4. The molecule has 1 fully saturated rings. The van der Waals surface area contributed by atoms with Crippen molar-refractivity contribution in [2.75, 3.05) is 22.9 Å². The molecule has 0 N–H and O–H groups in total. The van der Waals surface area contributed by atoms with E-state index in [1.54, 1.807) is 4.90 Å². The molecular formula is C22H20F9N7. The van der Waals surface area contributed by atoms with Crippen molar-refractivity contribution in [2.24, 2.45) is 7.05 Å². The number of benzene rings is 1. The van der Waals surface area contributed by atoms with Gasteiger partial charge in [0.25, 0.3) is 5.95 Å². The van der Waals surface area contributed by atoms with E-state index in [2.05, 4.69) is 20.4 Å². The molecular weight excluding hydrogens is 533 g/mol. The number of aryl methyl sites for hydroxylation is 1. The lowest BCUT2D eigenvalue weighted by molar-refractivity contribution is -0.143. The second-order valence-electron chi connectivity index (χ2n) is 8.75. The molecule has 206 valence electrons. The zero-order valence-corrected chi connectivity index (χ0v) is 19.7. The van der Waals surface area contributed by atoms with Gasteiger partial charge in [-0.25, -0.2) is 4.98 Å². The van der Waals surface area contributed by atoms with E-state index in [4.69, 9.17) is 0 Å². The topological polar surface area (TPSA) is 63.0 Å². The molecule has 1 aliphatic heterocycles. The normalized spacial score (nSPS) is 14.8. The number of tetrazole rings is 1. The third kappa shape index (κ3) is 6.27. The number of nitrogens with zero attached hydrogens (tertiary/aromatic N) is 7. The number of aromatic nitrogens is 5. The molecule has 7 nitrogen and oxygen atoms in total. The molecule has 1 aromatic carbocycles. The maximum absolute atomic E-state index is 13.5. The molecule has 0 atom stereocenters. The Morgan fingerprint density at radius 3 is 1.87 bits per heavy atom. The third-order valence-electron chi connectivity index (χ3n) is 5.84. The van der Waals surface area contributed by atoms with E-state index in [1.807, 2.05) is 0 Å². The molecule has 2 aromatic heterocycles. The van der Waals surface area contributed by atoms with Gasteiger partial charge in [-0.1, -0.05) is 5.10 Å². The van der Waals surface area contributed by atoms with Crippen molar-refractivity contribution >= 4 is 11.8 Å². The van der Waals surface area contributed by atoms with Crippen LogP contribution in [0.3, 0.4) is 0 Å². The summed E-state index contributed by atoms with van der Waals surface area (Å²) >= 11 is 0. The van der Waals surface area contributed by atoms with Crippen molar-refractivity contribution in [1.82, 2.24) is 25.2 Å². The van der Waals surface area contributed by atoms with Gasteiger partial charge in [0.1, 0.15) is 5.82 Å². The summed E-state index contributed by atoms with van der Waals surface area (Å²) in [6, 6.07) is 1.95. The van der Waals surface area contributed by atoms with Gasteiger partial charge < -0.3 is 9.80 Å². The van der Waals surface area contributed by atoms with Crippen molar-refractivity contribution in [1.29, 1.82) is 0 Å². The molecule has 0 radical (unpaired) electrons. The third-order valence-corrected chi connectivity index (χ3v) is 5.84. The predicted octanol–water partition coefficient (Wildman–Crippen LogP) is 5.47. The zero-order chi connectivity index (χ0) is 27.9. The molecule has 1 aliphatic rings. The molecule has 3 aromatic rings. The van der Waals surface area contributed by atoms with Crippen molar-refractivity contribution < 1.29 is 39.5 Å². The van der Waals surface area contributed by atoms with Gasteiger partial charge in [-0.3, -0.25) is 0 Å². The Labute approximate surface area is 209 Å². The van der Waals surface area contributed by atoms with Crippen LogP contribution in [-0.4, -0.2) is 38.3 Å². The van der Waals surface area contributed by atoms with Gasteiger partial charge in [-0.05, 0) is 47.9 Å². The molecule has 38 heavy (non-hydrogen) atoms. The lowest BCUT2D eigenvalue weighted by atomic mass is 10.0. The molecule has 0 spiro atoms. The van der Waals surface area contributed by atoms with Crippen LogP contribution in [-0.2, 0) is 38.7 Å². The van der Waals surface area contributed by atoms with Gasteiger partial charge in [0.05, 0.1) is 23.7 Å². The summed E-state index contributed by atoms with van der Waals surface area (Å²) < 4.78 is 121. The largest absolute Gasteiger partial charge is 0.417 e. The number of rotatable bonds is 6. The average molecular weight is 553 g/mol. The van der Waals surface area contributed by atoms with Gasteiger partial charge in [0.2, 0.25) is 0 Å². The number of hydrogen-bond acceptors (Lipinski definition) is 6. The molecule has 3 heterocycles. The molecule has 0 saturated carbocycles. The Kier molecular flexibility index (Phi) is 7.18. The van der Waals surface area contributed by atoms with E-state index < -0.39 is 53.9 Å². The van der Waals surface area contributed by atoms with Crippen LogP contribution in [0.1, 0.15) is 40.7 Å². The van der Waals surface area contributed by atoms with Gasteiger partial charge in [0.15, 0.2) is 0 Å². The van der Waals surface area contributed by atoms with Crippen LogP contribution in [0.5, 0.6) is 0 Å². The summed E-state index contributed by atoms with van der Waals surface area (Å²) in [5.74, 6) is 0.0210. The van der Waals surface area contributed by atoms with E-state index in [9.17, 15) is 39.5 Å². The molecule has 0 aliphatic carbocycles. The highest BCUT2D eigenvalue weighted by Crippen LogP contribution is 2.37. The van der Waals surface area contributed by atoms with Gasteiger partial charge in [0, 0.05) is 37.9 Å². The number of pyridine rings is 1. The Morgan fingerprint density at radius 1 is 0.789 bits per heavy atom. The average Bonchev–Trinajstić information content (AvgIpc) is 3.49. The Balaban J connectivity index is 1.79. The Hall–Kier alpha value is -3.59. The Morgan fingerprint density at radius 2 is 1.37 bits per heavy atom. The van der Waals surface area contributed by atoms with Crippen LogP contribution in [0.15, 0.2) is 30.5 Å². The van der Waals surface area contributed by atoms with Gasteiger partial charge in [-0.15, -0.1) is 5.10 Å². The van der Waals surface area contributed by atoms with Crippen molar-refractivity contribution in [3.8, 4) is 0 Å². The Bertz CT molecular complexity index is 1240. The molecule has 16 heteroatoms. The number of alkyl halides is 9. The maximum Gasteiger partial charge on any atom is 0.417 e. The fourth-order valence-electron chi connectivity index (χ4n) is 4.12. The molecule has 0 bridgehead atoms. The first-order valence-electron chi connectivity index (χ1n) is 11.2. The number of anilines is 2. The second kappa shape index (κ2) is 9.94. The summed E-state index contributed by atoms with van der Waals surface area (Å²) in [6.45, 7) is 0.0646. The van der Waals surface area contributed by atoms with Gasteiger partial charge >= 0.3 is 18.5 Å². The highest BCUT2D eigenvalue weighted by molar-refractivity contribution is 5.51. The van der Waals surface area contributed by atoms with Crippen molar-refractivity contribution in [3.63, 3.8) is 0 Å². The molecule has 1 saturated heterocycles. The minimum atomic E-state index is -5.07. The fraction of sp³-hybridized carbons (Fsp3) is 0.455. The highest BCUT2D eigenvalue weighted by atomic mass is 19.4. The van der Waals surface area contributed by atoms with E-state index >= 15 is 0 Å². The van der Waals surface area contributed by atoms with Crippen LogP contribution in [0, 0.1) is 0 Å². The van der Waals surface area contributed by atoms with Crippen LogP contribution >= 0.6 is 0 Å². The maximum atomic E-state index is 13.5. The lowest BCUT2D eigenvalue weighted by Gasteiger charge is -2.26. The van der Waals surface area contributed by atoms with Crippen LogP contribution in [0.25, 0.3) is 0 Å². The predicted molar refractivity (Wildman–Crippen MR) is 116 cm³/mol. The molecule has 0 unspecified atom stereocenters. The zero-order valence-electron chi connectivity index (χ0n) is 19.7. The van der Waals surface area contributed by atoms with Crippen molar-refractivity contribution in [2.45, 2.75) is 44.5 Å². The van der Waals surface area contributed by atoms with Crippen LogP contribution < -0.4 is 9.80 Å². The first-order valence-corrected chi connectivity index (χ1v) is 11.2. The smallest absolute Gasteiger partial charge is 0.356 e. The quantitative estimate of drug-likeness (QED) is 0.378. The number of halogens is 9. The van der Waals surface area contributed by atoms with Crippen molar-refractivity contribution in [3.05, 3.63) is 58.3 Å². The minimum Gasteiger partial charge on any atom is -0.356 e. The number of hydrogen-bond donors (Lipinski definition) is 0. The summed E-state index contributed by atoms with van der Waals surface area (Å²) in [6.07, 6.45) is -12.6.